The zero-order valence-corrected chi connectivity index (χ0v) is 15.7. The number of carbonyl (C=O) groups excluding carboxylic acids is 2. The number of esters is 2. The van der Waals surface area contributed by atoms with Gasteiger partial charge in [0.15, 0.2) is 0 Å². The van der Waals surface area contributed by atoms with Crippen LogP contribution in [0, 0.1) is 0 Å². The van der Waals surface area contributed by atoms with Crippen molar-refractivity contribution in [1.29, 1.82) is 0 Å². The Balaban J connectivity index is 2.20. The maximum Gasteiger partial charge on any atom is 0.338 e. The van der Waals surface area contributed by atoms with Gasteiger partial charge in [0.25, 0.3) is 0 Å². The maximum absolute atomic E-state index is 12.7. The van der Waals surface area contributed by atoms with Gasteiger partial charge in [-0.1, -0.05) is 13.2 Å². The molecular weight excluding hydrogens is 368 g/mol. The third-order valence-electron chi connectivity index (χ3n) is 3.39. The van der Waals surface area contributed by atoms with Crippen molar-refractivity contribution in [2.24, 2.45) is 0 Å². The molecule has 0 heterocycles. The zero-order valence-electron chi connectivity index (χ0n) is 14.9. The molecule has 0 spiro atoms. The van der Waals surface area contributed by atoms with Crippen LogP contribution in [0.3, 0.4) is 0 Å². The molecule has 2 aromatic carbocycles. The van der Waals surface area contributed by atoms with Gasteiger partial charge in [-0.25, -0.2) is 18.0 Å². The van der Waals surface area contributed by atoms with Gasteiger partial charge in [-0.05, 0) is 62.4 Å². The second-order valence-corrected chi connectivity index (χ2v) is 7.74. The van der Waals surface area contributed by atoms with E-state index in [2.05, 4.69) is 13.2 Å². The molecule has 0 aromatic heterocycles. The smallest absolute Gasteiger partial charge is 0.338 e. The lowest BCUT2D eigenvalue weighted by Crippen LogP contribution is -2.09. The predicted molar refractivity (Wildman–Crippen MR) is 99.2 cm³/mol. The third-order valence-corrected chi connectivity index (χ3v) is 5.17. The van der Waals surface area contributed by atoms with E-state index in [4.69, 9.17) is 9.47 Å². The van der Waals surface area contributed by atoms with Crippen LogP contribution in [0.25, 0.3) is 0 Å². The van der Waals surface area contributed by atoms with Crippen molar-refractivity contribution in [3.63, 3.8) is 0 Å². The predicted octanol–water partition coefficient (Wildman–Crippen LogP) is 3.48. The van der Waals surface area contributed by atoms with Gasteiger partial charge in [0.05, 0.1) is 9.79 Å². The Morgan fingerprint density at radius 3 is 1.26 bits per heavy atom. The second kappa shape index (κ2) is 8.01. The molecule has 0 saturated carbocycles. The molecule has 27 heavy (non-hydrogen) atoms. The van der Waals surface area contributed by atoms with Crippen molar-refractivity contribution >= 4 is 21.8 Å². The number of hydrogen-bond donors (Lipinski definition) is 0. The topological polar surface area (TPSA) is 86.7 Å². The Morgan fingerprint density at radius 1 is 0.704 bits per heavy atom. The summed E-state index contributed by atoms with van der Waals surface area (Å²) in [6.45, 7) is 9.98. The molecule has 0 aliphatic carbocycles. The van der Waals surface area contributed by atoms with E-state index in [9.17, 15) is 18.0 Å². The van der Waals surface area contributed by atoms with E-state index in [1.807, 2.05) is 0 Å². The molecule has 0 fully saturated rings. The van der Waals surface area contributed by atoms with Crippen LogP contribution in [0.5, 0.6) is 11.5 Å². The number of carbonyl (C=O) groups is 2. The van der Waals surface area contributed by atoms with Crippen molar-refractivity contribution in [2.75, 3.05) is 0 Å². The molecule has 0 aliphatic rings. The molecule has 0 bridgehead atoms. The standard InChI is InChI=1S/C20H18O6S/c1-13(2)19(21)25-15-5-9-17(10-6-15)27(23,24)18-11-7-16(8-12-18)26-20(22)14(3)4/h5-12H,1,3H2,2,4H3. The average Bonchev–Trinajstić information content (AvgIpc) is 2.62. The van der Waals surface area contributed by atoms with Crippen molar-refractivity contribution in [2.45, 2.75) is 23.6 Å². The third kappa shape index (κ3) is 4.92. The minimum atomic E-state index is -3.78. The van der Waals surface area contributed by atoms with Crippen LogP contribution in [-0.4, -0.2) is 20.4 Å². The van der Waals surface area contributed by atoms with Gasteiger partial charge in [-0.15, -0.1) is 0 Å². The summed E-state index contributed by atoms with van der Waals surface area (Å²) in [5.74, 6) is -0.760. The van der Waals surface area contributed by atoms with Crippen molar-refractivity contribution in [3.8, 4) is 11.5 Å². The normalized spacial score (nSPS) is 10.7. The molecule has 0 amide bonds. The van der Waals surface area contributed by atoms with Gasteiger partial charge >= 0.3 is 11.9 Å². The van der Waals surface area contributed by atoms with E-state index < -0.39 is 21.8 Å². The highest BCUT2D eigenvalue weighted by Gasteiger charge is 2.18. The lowest BCUT2D eigenvalue weighted by molar-refractivity contribution is -0.130. The fraction of sp³-hybridized carbons (Fsp3) is 0.100. The van der Waals surface area contributed by atoms with Gasteiger partial charge in [0.1, 0.15) is 11.5 Å². The van der Waals surface area contributed by atoms with Gasteiger partial charge in [0, 0.05) is 11.1 Å². The van der Waals surface area contributed by atoms with Gasteiger partial charge in [-0.3, -0.25) is 0 Å². The summed E-state index contributed by atoms with van der Waals surface area (Å²) in [5, 5.41) is 0. The molecule has 0 unspecified atom stereocenters. The van der Waals surface area contributed by atoms with Crippen LogP contribution < -0.4 is 9.47 Å². The summed E-state index contributed by atoms with van der Waals surface area (Å²) in [4.78, 5) is 23.0. The molecule has 0 radical (unpaired) electrons. The SMILES string of the molecule is C=C(C)C(=O)Oc1ccc(S(=O)(=O)c2ccc(OC(=O)C(=C)C)cc2)cc1. The average molecular weight is 386 g/mol. The van der Waals surface area contributed by atoms with Gasteiger partial charge in [-0.2, -0.15) is 0 Å². The first-order valence-corrected chi connectivity index (χ1v) is 9.30. The minimum absolute atomic E-state index is 0.0318. The monoisotopic (exact) mass is 386 g/mol. The van der Waals surface area contributed by atoms with Crippen molar-refractivity contribution in [1.82, 2.24) is 0 Å². The van der Waals surface area contributed by atoms with E-state index in [1.54, 1.807) is 0 Å². The highest BCUT2D eigenvalue weighted by molar-refractivity contribution is 7.91. The summed E-state index contributed by atoms with van der Waals surface area (Å²) in [6.07, 6.45) is 0. The lowest BCUT2D eigenvalue weighted by atomic mass is 10.3. The number of benzene rings is 2. The molecule has 6 nitrogen and oxygen atoms in total. The molecule has 7 heteroatoms. The number of hydrogen-bond acceptors (Lipinski definition) is 6. The van der Waals surface area contributed by atoms with Crippen LogP contribution in [0.15, 0.2) is 82.6 Å². The number of sulfone groups is 1. The zero-order chi connectivity index (χ0) is 20.2. The summed E-state index contributed by atoms with van der Waals surface area (Å²) in [6, 6.07) is 10.9. The largest absolute Gasteiger partial charge is 0.423 e. The second-order valence-electron chi connectivity index (χ2n) is 5.79. The highest BCUT2D eigenvalue weighted by Crippen LogP contribution is 2.25. The van der Waals surface area contributed by atoms with E-state index in [-0.39, 0.29) is 32.4 Å². The minimum Gasteiger partial charge on any atom is -0.423 e. The van der Waals surface area contributed by atoms with E-state index >= 15 is 0 Å². The van der Waals surface area contributed by atoms with E-state index in [0.717, 1.165) is 0 Å². The molecule has 0 N–H and O–H groups in total. The lowest BCUT2D eigenvalue weighted by Gasteiger charge is -2.08. The molecule has 0 aliphatic heterocycles. The number of rotatable bonds is 6. The van der Waals surface area contributed by atoms with Crippen LogP contribution in [0.4, 0.5) is 0 Å². The fourth-order valence-electron chi connectivity index (χ4n) is 1.90. The van der Waals surface area contributed by atoms with E-state index in [1.165, 1.54) is 62.4 Å². The number of ether oxygens (including phenoxy) is 2. The van der Waals surface area contributed by atoms with Crippen molar-refractivity contribution in [3.05, 3.63) is 72.8 Å². The summed E-state index contributed by atoms with van der Waals surface area (Å²) in [5.41, 5.74) is 0.471. The van der Waals surface area contributed by atoms with Crippen molar-refractivity contribution < 1.29 is 27.5 Å². The van der Waals surface area contributed by atoms with Gasteiger partial charge < -0.3 is 9.47 Å². The molecule has 2 rings (SSSR count). The fourth-order valence-corrected chi connectivity index (χ4v) is 3.16. The Kier molecular flexibility index (Phi) is 5.97. The molecular formula is C20H18O6S. The Morgan fingerprint density at radius 2 is 1.00 bits per heavy atom. The first kappa shape index (κ1) is 20.1. The Bertz CT molecular complexity index is 922. The van der Waals surface area contributed by atoms with Gasteiger partial charge in [0.2, 0.25) is 9.84 Å². The molecule has 140 valence electrons. The maximum atomic E-state index is 12.7. The molecule has 0 saturated heterocycles. The van der Waals surface area contributed by atoms with Crippen LogP contribution in [0.1, 0.15) is 13.8 Å². The van der Waals surface area contributed by atoms with Crippen LogP contribution >= 0.6 is 0 Å². The first-order valence-electron chi connectivity index (χ1n) is 7.82. The quantitative estimate of drug-likeness (QED) is 0.429. The Labute approximate surface area is 157 Å². The summed E-state index contributed by atoms with van der Waals surface area (Å²) < 4.78 is 35.4. The van der Waals surface area contributed by atoms with Crippen LogP contribution in [-0.2, 0) is 19.4 Å². The molecule has 0 atom stereocenters. The first-order chi connectivity index (χ1) is 12.6. The van der Waals surface area contributed by atoms with E-state index in [0.29, 0.717) is 0 Å². The summed E-state index contributed by atoms with van der Waals surface area (Å²) >= 11 is 0. The molecule has 2 aromatic rings. The summed E-state index contributed by atoms with van der Waals surface area (Å²) in [7, 11) is -3.78. The Hall–Kier alpha value is -3.19. The highest BCUT2D eigenvalue weighted by atomic mass is 32.2. The van der Waals surface area contributed by atoms with Crippen LogP contribution in [0.2, 0.25) is 0 Å².